The molecule has 1 aromatic rings. The van der Waals surface area contributed by atoms with E-state index in [4.69, 9.17) is 0 Å². The van der Waals surface area contributed by atoms with Crippen LogP contribution in [0.4, 0.5) is 0 Å². The van der Waals surface area contributed by atoms with E-state index in [2.05, 4.69) is 28.1 Å². The Morgan fingerprint density at radius 1 is 1.88 bits per heavy atom. The van der Waals surface area contributed by atoms with Gasteiger partial charge in [0.05, 0.1) is 16.1 Å². The number of imidazole rings is 1. The summed E-state index contributed by atoms with van der Waals surface area (Å²) >= 11 is 3.28. The number of aromatic nitrogens is 2. The molecule has 0 aliphatic carbocycles. The van der Waals surface area contributed by atoms with Crippen molar-refractivity contribution in [2.45, 2.75) is 13.3 Å². The second-order valence-electron chi connectivity index (χ2n) is 1.55. The molecular formula is C5H7BrN2. The van der Waals surface area contributed by atoms with Crippen LogP contribution in [0, 0.1) is 0 Å². The maximum atomic E-state index is 3.91. The van der Waals surface area contributed by atoms with Gasteiger partial charge in [0.15, 0.2) is 0 Å². The lowest BCUT2D eigenvalue weighted by molar-refractivity contribution is 1.04. The molecule has 0 bridgehead atoms. The van der Waals surface area contributed by atoms with Gasteiger partial charge in [0.25, 0.3) is 0 Å². The molecule has 0 aliphatic rings. The van der Waals surface area contributed by atoms with Crippen LogP contribution in [0.3, 0.4) is 0 Å². The molecular weight excluding hydrogens is 168 g/mol. The van der Waals surface area contributed by atoms with Crippen LogP contribution in [0.5, 0.6) is 0 Å². The fraction of sp³-hybridized carbons (Fsp3) is 0.400. The van der Waals surface area contributed by atoms with Crippen molar-refractivity contribution in [2.24, 2.45) is 0 Å². The standard InChI is InChI=1S/C5H7BrN2/c1-2-5-3-7-4-8(5)6/h3-4H,2H2,1H3. The predicted octanol–water partition coefficient (Wildman–Crippen LogP) is 1.60. The monoisotopic (exact) mass is 174 g/mol. The van der Waals surface area contributed by atoms with Crippen LogP contribution >= 0.6 is 16.1 Å². The minimum Gasteiger partial charge on any atom is -0.269 e. The van der Waals surface area contributed by atoms with Gasteiger partial charge in [-0.15, -0.1) is 0 Å². The normalized spacial score (nSPS) is 9.75. The van der Waals surface area contributed by atoms with Crippen LogP contribution < -0.4 is 0 Å². The molecule has 0 unspecified atom stereocenters. The van der Waals surface area contributed by atoms with Crippen molar-refractivity contribution in [3.8, 4) is 0 Å². The average molecular weight is 175 g/mol. The molecule has 0 aliphatic heterocycles. The summed E-state index contributed by atoms with van der Waals surface area (Å²) < 4.78 is 1.84. The molecule has 8 heavy (non-hydrogen) atoms. The maximum absolute atomic E-state index is 3.91. The van der Waals surface area contributed by atoms with E-state index in [0.717, 1.165) is 6.42 Å². The molecule has 0 aromatic carbocycles. The first-order chi connectivity index (χ1) is 3.84. The Morgan fingerprint density at radius 3 is 2.88 bits per heavy atom. The van der Waals surface area contributed by atoms with Gasteiger partial charge < -0.3 is 0 Å². The van der Waals surface area contributed by atoms with Gasteiger partial charge in [0.2, 0.25) is 0 Å². The molecule has 1 heterocycles. The summed E-state index contributed by atoms with van der Waals surface area (Å²) in [6.45, 7) is 2.09. The Balaban J connectivity index is 2.92. The third-order valence-corrected chi connectivity index (χ3v) is 1.67. The fourth-order valence-corrected chi connectivity index (χ4v) is 0.998. The summed E-state index contributed by atoms with van der Waals surface area (Å²) in [4.78, 5) is 3.91. The lowest BCUT2D eigenvalue weighted by atomic mass is 10.4. The van der Waals surface area contributed by atoms with Gasteiger partial charge >= 0.3 is 0 Å². The van der Waals surface area contributed by atoms with Gasteiger partial charge in [-0.1, -0.05) is 6.92 Å². The molecule has 0 atom stereocenters. The highest BCUT2D eigenvalue weighted by molar-refractivity contribution is 9.08. The van der Waals surface area contributed by atoms with E-state index in [0.29, 0.717) is 0 Å². The van der Waals surface area contributed by atoms with Crippen molar-refractivity contribution >= 4 is 16.1 Å². The molecule has 0 spiro atoms. The molecule has 3 heteroatoms. The lowest BCUT2D eigenvalue weighted by Crippen LogP contribution is -1.83. The van der Waals surface area contributed by atoms with Crippen LogP contribution in [-0.4, -0.2) is 8.58 Å². The molecule has 0 fully saturated rings. The van der Waals surface area contributed by atoms with Crippen molar-refractivity contribution < 1.29 is 0 Å². The summed E-state index contributed by atoms with van der Waals surface area (Å²) in [5, 5.41) is 0. The van der Waals surface area contributed by atoms with Crippen molar-refractivity contribution in [2.75, 3.05) is 0 Å². The zero-order chi connectivity index (χ0) is 5.98. The zero-order valence-electron chi connectivity index (χ0n) is 4.63. The highest BCUT2D eigenvalue weighted by atomic mass is 79.9. The van der Waals surface area contributed by atoms with Crippen molar-refractivity contribution in [1.29, 1.82) is 0 Å². The summed E-state index contributed by atoms with van der Waals surface area (Å²) in [6.07, 6.45) is 4.60. The minimum atomic E-state index is 1.02. The molecule has 2 nitrogen and oxygen atoms in total. The molecule has 0 radical (unpaired) electrons. The second kappa shape index (κ2) is 2.31. The van der Waals surface area contributed by atoms with Crippen LogP contribution in [0.25, 0.3) is 0 Å². The van der Waals surface area contributed by atoms with E-state index in [1.807, 2.05) is 9.79 Å². The smallest absolute Gasteiger partial charge is 0.105 e. The second-order valence-corrected chi connectivity index (χ2v) is 2.31. The van der Waals surface area contributed by atoms with Crippen molar-refractivity contribution in [1.82, 2.24) is 8.58 Å². The quantitative estimate of drug-likeness (QED) is 0.633. The Morgan fingerprint density at radius 2 is 2.62 bits per heavy atom. The van der Waals surface area contributed by atoms with Gasteiger partial charge in [0, 0.05) is 11.9 Å². The third-order valence-electron chi connectivity index (χ3n) is 1.03. The fourth-order valence-electron chi connectivity index (χ4n) is 0.550. The van der Waals surface area contributed by atoms with Crippen LogP contribution in [0.2, 0.25) is 0 Å². The molecule has 44 valence electrons. The SMILES string of the molecule is CCc1cncn1Br. The predicted molar refractivity (Wildman–Crippen MR) is 35.9 cm³/mol. The van der Waals surface area contributed by atoms with E-state index in [9.17, 15) is 0 Å². The molecule has 0 amide bonds. The highest BCUT2D eigenvalue weighted by Crippen LogP contribution is 2.01. The first kappa shape index (κ1) is 5.82. The Hall–Kier alpha value is -0.310. The number of halogens is 1. The summed E-state index contributed by atoms with van der Waals surface area (Å²) in [7, 11) is 0. The van der Waals surface area contributed by atoms with Crippen molar-refractivity contribution in [3.63, 3.8) is 0 Å². The van der Waals surface area contributed by atoms with E-state index in [-0.39, 0.29) is 0 Å². The number of nitrogens with zero attached hydrogens (tertiary/aromatic N) is 2. The molecule has 0 saturated heterocycles. The Bertz CT molecular complexity index is 171. The third kappa shape index (κ3) is 0.916. The summed E-state index contributed by atoms with van der Waals surface area (Å²) in [6, 6.07) is 0. The average Bonchev–Trinajstić information content (AvgIpc) is 2.14. The van der Waals surface area contributed by atoms with Crippen LogP contribution in [0.1, 0.15) is 12.6 Å². The largest absolute Gasteiger partial charge is 0.269 e. The Kier molecular flexibility index (Phi) is 1.68. The van der Waals surface area contributed by atoms with E-state index in [1.54, 1.807) is 6.33 Å². The molecule has 0 saturated carbocycles. The first-order valence-corrected chi connectivity index (χ1v) is 3.23. The summed E-state index contributed by atoms with van der Waals surface area (Å²) in [5.74, 6) is 0. The van der Waals surface area contributed by atoms with E-state index >= 15 is 0 Å². The first-order valence-electron chi connectivity index (χ1n) is 2.52. The number of aryl methyl sites for hydroxylation is 1. The van der Waals surface area contributed by atoms with E-state index < -0.39 is 0 Å². The van der Waals surface area contributed by atoms with Crippen molar-refractivity contribution in [3.05, 3.63) is 18.2 Å². The van der Waals surface area contributed by atoms with Gasteiger partial charge in [-0.25, -0.2) is 4.98 Å². The van der Waals surface area contributed by atoms with Crippen LogP contribution in [-0.2, 0) is 6.42 Å². The number of rotatable bonds is 1. The van der Waals surface area contributed by atoms with Gasteiger partial charge in [-0.2, -0.15) is 0 Å². The molecule has 1 aromatic heterocycles. The summed E-state index contributed by atoms with van der Waals surface area (Å²) in [5.41, 5.74) is 1.20. The van der Waals surface area contributed by atoms with Gasteiger partial charge in [0.1, 0.15) is 6.33 Å². The molecule has 0 N–H and O–H groups in total. The number of hydrogen-bond donors (Lipinski definition) is 0. The zero-order valence-corrected chi connectivity index (χ0v) is 6.22. The molecule has 1 rings (SSSR count). The maximum Gasteiger partial charge on any atom is 0.105 e. The topological polar surface area (TPSA) is 17.8 Å². The Labute approximate surface area is 56.9 Å². The van der Waals surface area contributed by atoms with E-state index in [1.165, 1.54) is 5.69 Å². The van der Waals surface area contributed by atoms with Crippen LogP contribution in [0.15, 0.2) is 12.5 Å². The highest BCUT2D eigenvalue weighted by Gasteiger charge is 1.91. The van der Waals surface area contributed by atoms with Gasteiger partial charge in [-0.3, -0.25) is 3.59 Å². The lowest BCUT2D eigenvalue weighted by Gasteiger charge is -1.89. The number of hydrogen-bond acceptors (Lipinski definition) is 1. The van der Waals surface area contributed by atoms with Gasteiger partial charge in [-0.05, 0) is 6.42 Å². The minimum absolute atomic E-state index is 1.02.